The zero-order valence-electron chi connectivity index (χ0n) is 9.52. The molecule has 18 heavy (non-hydrogen) atoms. The summed E-state index contributed by atoms with van der Waals surface area (Å²) in [5.74, 6) is 0.0601. The van der Waals surface area contributed by atoms with Gasteiger partial charge in [0.2, 0.25) is 0 Å². The maximum Gasteiger partial charge on any atom is 0.258 e. The Morgan fingerprint density at radius 2 is 2.17 bits per heavy atom. The SMILES string of the molecule is O=C1c2cscc2NCN1Cc1ccccc1Cl. The van der Waals surface area contributed by atoms with Crippen molar-refractivity contribution < 1.29 is 4.79 Å². The number of hydrogen-bond acceptors (Lipinski definition) is 3. The summed E-state index contributed by atoms with van der Waals surface area (Å²) in [6.45, 7) is 1.05. The highest BCUT2D eigenvalue weighted by Crippen LogP contribution is 2.27. The van der Waals surface area contributed by atoms with Gasteiger partial charge in [-0.25, -0.2) is 0 Å². The number of fused-ring (bicyclic) bond motifs is 1. The summed E-state index contributed by atoms with van der Waals surface area (Å²) >= 11 is 7.65. The van der Waals surface area contributed by atoms with E-state index < -0.39 is 0 Å². The van der Waals surface area contributed by atoms with Crippen molar-refractivity contribution in [2.24, 2.45) is 0 Å². The maximum absolute atomic E-state index is 12.2. The second-order valence-corrected chi connectivity index (χ2v) is 5.28. The van der Waals surface area contributed by atoms with E-state index in [-0.39, 0.29) is 5.91 Å². The molecular weight excluding hydrogens is 268 g/mol. The summed E-state index contributed by atoms with van der Waals surface area (Å²) in [7, 11) is 0. The van der Waals surface area contributed by atoms with Gasteiger partial charge in [0.25, 0.3) is 5.91 Å². The molecule has 0 radical (unpaired) electrons. The first-order valence-electron chi connectivity index (χ1n) is 5.58. The fourth-order valence-corrected chi connectivity index (χ4v) is 2.96. The molecule has 0 saturated heterocycles. The minimum Gasteiger partial charge on any atom is -0.366 e. The van der Waals surface area contributed by atoms with Gasteiger partial charge in [-0.3, -0.25) is 4.79 Å². The molecule has 1 aliphatic heterocycles. The van der Waals surface area contributed by atoms with Crippen LogP contribution in [0.5, 0.6) is 0 Å². The number of nitrogens with one attached hydrogen (secondary N) is 1. The van der Waals surface area contributed by atoms with Crippen molar-refractivity contribution in [1.29, 1.82) is 0 Å². The first-order valence-corrected chi connectivity index (χ1v) is 6.90. The van der Waals surface area contributed by atoms with Crippen molar-refractivity contribution in [1.82, 2.24) is 4.90 Å². The smallest absolute Gasteiger partial charge is 0.258 e. The van der Waals surface area contributed by atoms with Gasteiger partial charge in [0.1, 0.15) is 0 Å². The number of rotatable bonds is 2. The third-order valence-corrected chi connectivity index (χ3v) is 4.07. The van der Waals surface area contributed by atoms with E-state index in [1.54, 1.807) is 4.90 Å². The van der Waals surface area contributed by atoms with Crippen molar-refractivity contribution in [3.05, 3.63) is 51.2 Å². The number of halogens is 1. The first-order chi connectivity index (χ1) is 8.75. The van der Waals surface area contributed by atoms with E-state index >= 15 is 0 Å². The third kappa shape index (κ3) is 1.98. The van der Waals surface area contributed by atoms with Gasteiger partial charge < -0.3 is 10.2 Å². The van der Waals surface area contributed by atoms with Crippen LogP contribution in [0, 0.1) is 0 Å². The van der Waals surface area contributed by atoms with Crippen LogP contribution in [0.25, 0.3) is 0 Å². The number of anilines is 1. The van der Waals surface area contributed by atoms with E-state index in [2.05, 4.69) is 5.32 Å². The lowest BCUT2D eigenvalue weighted by Crippen LogP contribution is -2.38. The van der Waals surface area contributed by atoms with Gasteiger partial charge in [-0.1, -0.05) is 29.8 Å². The van der Waals surface area contributed by atoms with Crippen LogP contribution in [0.2, 0.25) is 5.02 Å². The van der Waals surface area contributed by atoms with E-state index in [1.165, 1.54) is 11.3 Å². The van der Waals surface area contributed by atoms with Gasteiger partial charge in [-0.05, 0) is 11.6 Å². The maximum atomic E-state index is 12.2. The molecular formula is C13H11ClN2OS. The number of carbonyl (C=O) groups excluding carboxylic acids is 1. The van der Waals surface area contributed by atoms with Crippen LogP contribution in [-0.2, 0) is 6.54 Å². The quantitative estimate of drug-likeness (QED) is 0.913. The minimum absolute atomic E-state index is 0.0601. The molecule has 1 amide bonds. The Morgan fingerprint density at radius 3 is 3.00 bits per heavy atom. The molecule has 0 aliphatic carbocycles. The minimum atomic E-state index is 0.0601. The molecule has 1 aliphatic rings. The highest BCUT2D eigenvalue weighted by molar-refractivity contribution is 7.08. The van der Waals surface area contributed by atoms with Crippen molar-refractivity contribution >= 4 is 34.5 Å². The van der Waals surface area contributed by atoms with E-state index in [9.17, 15) is 4.79 Å². The highest BCUT2D eigenvalue weighted by atomic mass is 35.5. The second-order valence-electron chi connectivity index (χ2n) is 4.13. The molecule has 2 aromatic rings. The molecule has 92 valence electrons. The van der Waals surface area contributed by atoms with Crippen LogP contribution < -0.4 is 5.32 Å². The van der Waals surface area contributed by atoms with Gasteiger partial charge in [0.15, 0.2) is 0 Å². The number of nitrogens with zero attached hydrogens (tertiary/aromatic N) is 1. The van der Waals surface area contributed by atoms with Gasteiger partial charge in [0.05, 0.1) is 17.9 Å². The number of benzene rings is 1. The third-order valence-electron chi connectivity index (χ3n) is 2.96. The molecule has 0 atom stereocenters. The molecule has 0 unspecified atom stereocenters. The Hall–Kier alpha value is -1.52. The predicted molar refractivity (Wildman–Crippen MR) is 74.1 cm³/mol. The second kappa shape index (κ2) is 4.63. The first kappa shape index (κ1) is 11.6. The number of carbonyl (C=O) groups is 1. The standard InChI is InChI=1S/C13H11ClN2OS/c14-11-4-2-1-3-9(11)5-16-8-15-12-7-18-6-10(12)13(16)17/h1-4,6-7,15H,5,8H2. The summed E-state index contributed by atoms with van der Waals surface area (Å²) in [5, 5.41) is 7.77. The summed E-state index contributed by atoms with van der Waals surface area (Å²) in [4.78, 5) is 14.0. The lowest BCUT2D eigenvalue weighted by molar-refractivity contribution is 0.0747. The topological polar surface area (TPSA) is 32.3 Å². The molecule has 0 saturated carbocycles. The zero-order valence-corrected chi connectivity index (χ0v) is 11.1. The fourth-order valence-electron chi connectivity index (χ4n) is 1.98. The van der Waals surface area contributed by atoms with Crippen molar-refractivity contribution in [2.75, 3.05) is 12.0 Å². The van der Waals surface area contributed by atoms with Crippen LogP contribution in [0.15, 0.2) is 35.0 Å². The molecule has 5 heteroatoms. The fraction of sp³-hybridized carbons (Fsp3) is 0.154. The molecule has 3 nitrogen and oxygen atoms in total. The Labute approximate surface area is 114 Å². The molecule has 1 aromatic carbocycles. The highest BCUT2D eigenvalue weighted by Gasteiger charge is 2.24. The summed E-state index contributed by atoms with van der Waals surface area (Å²) < 4.78 is 0. The lowest BCUT2D eigenvalue weighted by atomic mass is 10.1. The van der Waals surface area contributed by atoms with Crippen molar-refractivity contribution in [3.8, 4) is 0 Å². The monoisotopic (exact) mass is 278 g/mol. The Kier molecular flexibility index (Phi) is 2.97. The van der Waals surface area contributed by atoms with Crippen LogP contribution in [-0.4, -0.2) is 17.5 Å². The Balaban J connectivity index is 1.84. The van der Waals surface area contributed by atoms with Crippen LogP contribution in [0.4, 0.5) is 5.69 Å². The largest absolute Gasteiger partial charge is 0.366 e. The molecule has 0 fully saturated rings. The van der Waals surface area contributed by atoms with Crippen molar-refractivity contribution in [3.63, 3.8) is 0 Å². The molecule has 3 rings (SSSR count). The molecule has 1 aromatic heterocycles. The summed E-state index contributed by atoms with van der Waals surface area (Å²) in [6.07, 6.45) is 0. The molecule has 1 N–H and O–H groups in total. The van der Waals surface area contributed by atoms with Gasteiger partial charge in [-0.2, -0.15) is 0 Å². The Morgan fingerprint density at radius 1 is 1.33 bits per heavy atom. The number of amides is 1. The number of thiophene rings is 1. The lowest BCUT2D eigenvalue weighted by Gasteiger charge is -2.28. The normalized spacial score (nSPS) is 14.3. The zero-order chi connectivity index (χ0) is 12.5. The van der Waals surface area contributed by atoms with Crippen LogP contribution in [0.3, 0.4) is 0 Å². The number of hydrogen-bond donors (Lipinski definition) is 1. The molecule has 2 heterocycles. The van der Waals surface area contributed by atoms with E-state index in [0.29, 0.717) is 18.2 Å². The van der Waals surface area contributed by atoms with Gasteiger partial charge >= 0.3 is 0 Å². The predicted octanol–water partition coefficient (Wildman–Crippen LogP) is 3.43. The average Bonchev–Trinajstić information content (AvgIpc) is 2.84. The van der Waals surface area contributed by atoms with E-state index in [4.69, 9.17) is 11.6 Å². The van der Waals surface area contributed by atoms with E-state index in [0.717, 1.165) is 16.8 Å². The summed E-state index contributed by atoms with van der Waals surface area (Å²) in [6, 6.07) is 7.60. The van der Waals surface area contributed by atoms with Gasteiger partial charge in [0, 0.05) is 22.3 Å². The van der Waals surface area contributed by atoms with Crippen molar-refractivity contribution in [2.45, 2.75) is 6.54 Å². The Bertz CT molecular complexity index is 596. The van der Waals surface area contributed by atoms with E-state index in [1.807, 2.05) is 35.0 Å². The van der Waals surface area contributed by atoms with Crippen LogP contribution in [0.1, 0.15) is 15.9 Å². The molecule has 0 bridgehead atoms. The molecule has 0 spiro atoms. The van der Waals surface area contributed by atoms with Gasteiger partial charge in [-0.15, -0.1) is 11.3 Å². The summed E-state index contributed by atoms with van der Waals surface area (Å²) in [5.41, 5.74) is 2.65. The van der Waals surface area contributed by atoms with Crippen LogP contribution >= 0.6 is 22.9 Å². The average molecular weight is 279 g/mol.